The Labute approximate surface area is 726 Å². The zero-order valence-electron chi connectivity index (χ0n) is 70.9. The summed E-state index contributed by atoms with van der Waals surface area (Å²) in [6.07, 6.45) is 17.8. The van der Waals surface area contributed by atoms with Crippen molar-refractivity contribution in [2.45, 2.75) is 242 Å². The number of halogens is 8. The van der Waals surface area contributed by atoms with Gasteiger partial charge in [0.2, 0.25) is 22.5 Å². The van der Waals surface area contributed by atoms with Crippen molar-refractivity contribution in [2.75, 3.05) is 55.4 Å². The maximum Gasteiger partial charge on any atom is 0.225 e. The van der Waals surface area contributed by atoms with Crippen LogP contribution in [0.4, 0.5) is 46.9 Å². The molecule has 0 saturated carbocycles. The number of fused-ring (bicyclic) bond motifs is 4. The van der Waals surface area contributed by atoms with Gasteiger partial charge in [-0.3, -0.25) is 0 Å². The predicted octanol–water partition coefficient (Wildman–Crippen LogP) is 22.4. The van der Waals surface area contributed by atoms with E-state index in [4.69, 9.17) is 75.9 Å². The molecule has 4 heterocycles. The first-order chi connectivity index (χ1) is 56.5. The van der Waals surface area contributed by atoms with Crippen LogP contribution in [-0.2, 0) is 32.3 Å². The Morgan fingerprint density at radius 1 is 0.425 bits per heavy atom. The minimum atomic E-state index is -0.377. The Bertz CT molecular complexity index is 4640. The summed E-state index contributed by atoms with van der Waals surface area (Å²) >= 11 is 17.3. The van der Waals surface area contributed by atoms with E-state index in [1.807, 2.05) is 50.2 Å². The second-order valence-electron chi connectivity index (χ2n) is 27.8. The topological polar surface area (TPSA) is 334 Å². The first-order valence-electron chi connectivity index (χ1n) is 40.1. The van der Waals surface area contributed by atoms with Crippen LogP contribution in [0.5, 0.6) is 23.0 Å². The van der Waals surface area contributed by atoms with Crippen molar-refractivity contribution in [3.05, 3.63) is 159 Å². The highest BCUT2D eigenvalue weighted by Gasteiger charge is 2.20. The van der Waals surface area contributed by atoms with Crippen molar-refractivity contribution >= 4 is 143 Å². The molecule has 0 amide bonds. The lowest BCUT2D eigenvalue weighted by molar-refractivity contribution is -0.118. The van der Waals surface area contributed by atoms with E-state index >= 15 is 0 Å². The molecule has 10 N–H and O–H groups in total. The molecule has 10 aromatic rings. The van der Waals surface area contributed by atoms with Crippen LogP contribution >= 0.6 is 47.2 Å². The summed E-state index contributed by atoms with van der Waals surface area (Å²) in [5, 5.41) is 16.6. The molecule has 658 valence electrons. The molecular weight excluding hydrogens is 1620 g/mol. The molecule has 0 fully saturated rings. The Balaban J connectivity index is 0.000000506. The molecule has 0 aliphatic rings. The number of anilines is 5. The number of nitrogens with two attached hydrogens (primary N) is 3. The van der Waals surface area contributed by atoms with E-state index in [0.29, 0.717) is 108 Å². The number of benzene rings is 6. The molecule has 0 spiro atoms. The van der Waals surface area contributed by atoms with Gasteiger partial charge in [-0.05, 0) is 169 Å². The third-order valence-electron chi connectivity index (χ3n) is 18.3. The Hall–Kier alpha value is -9.64. The van der Waals surface area contributed by atoms with Gasteiger partial charge in [0, 0.05) is 132 Å². The normalized spacial score (nSPS) is 11.4. The smallest absolute Gasteiger partial charge is 0.225 e. The lowest BCUT2D eigenvalue weighted by atomic mass is 10.0. The summed E-state index contributed by atoms with van der Waals surface area (Å²) in [5.41, 5.74) is 20.7. The molecule has 4 aromatic heterocycles. The maximum absolute atomic E-state index is 14.0. The minimum Gasteiger partial charge on any atom is -0.497 e. The largest absolute Gasteiger partial charge is 0.497 e. The molecule has 31 heteroatoms. The van der Waals surface area contributed by atoms with Gasteiger partial charge in [0.25, 0.3) is 0 Å². The van der Waals surface area contributed by atoms with E-state index in [1.165, 1.54) is 67.4 Å². The van der Waals surface area contributed by atoms with Gasteiger partial charge in [-0.25, -0.2) is 47.5 Å². The number of rotatable bonds is 38. The summed E-state index contributed by atoms with van der Waals surface area (Å²) in [7, 11) is 6.45. The molecule has 6 aromatic carbocycles. The fraction of sp³-hybridized carbons (Fsp3) is 0.461. The predicted molar refractivity (Wildman–Crippen MR) is 485 cm³/mol. The monoisotopic (exact) mass is 1750 g/mol. The number of nitrogen functional groups attached to an aromatic ring is 1. The van der Waals surface area contributed by atoms with Gasteiger partial charge in [-0.1, -0.05) is 118 Å². The average molecular weight is 1750 g/mol. The van der Waals surface area contributed by atoms with E-state index in [2.05, 4.69) is 83.8 Å². The summed E-state index contributed by atoms with van der Waals surface area (Å²) in [4.78, 5) is 78.1. The first-order valence-corrected chi connectivity index (χ1v) is 41.2. The van der Waals surface area contributed by atoms with Gasteiger partial charge in [0.1, 0.15) is 92.0 Å². The van der Waals surface area contributed by atoms with E-state index in [1.54, 1.807) is 74.3 Å². The fourth-order valence-electron chi connectivity index (χ4n) is 11.9. The number of hydrogen-bond acceptors (Lipinski definition) is 23. The van der Waals surface area contributed by atoms with Crippen molar-refractivity contribution in [2.24, 2.45) is 11.5 Å². The van der Waals surface area contributed by atoms with Gasteiger partial charge < -0.3 is 76.6 Å². The average Bonchev–Trinajstić information content (AvgIpc) is 0.825. The van der Waals surface area contributed by atoms with E-state index in [0.717, 1.165) is 122 Å². The summed E-state index contributed by atoms with van der Waals surface area (Å²) in [6.45, 7) is 19.9. The van der Waals surface area contributed by atoms with Gasteiger partial charge in [-0.15, -0.1) is 12.4 Å². The molecule has 0 saturated heterocycles. The zero-order valence-corrected chi connectivity index (χ0v) is 74.0. The van der Waals surface area contributed by atoms with Crippen LogP contribution in [0, 0.1) is 23.3 Å². The first kappa shape index (κ1) is 106. The highest BCUT2D eigenvalue weighted by Crippen LogP contribution is 2.32. The van der Waals surface area contributed by atoms with E-state index in [-0.39, 0.29) is 112 Å². The summed E-state index contributed by atoms with van der Waals surface area (Å²) in [6, 6.07) is 29.0. The molecule has 0 bridgehead atoms. The Morgan fingerprint density at radius 3 is 1.18 bits per heavy atom. The number of nitrogens with one attached hydrogen (secondary N) is 4. The second kappa shape index (κ2) is 58.3. The van der Waals surface area contributed by atoms with Crippen LogP contribution in [0.2, 0.25) is 15.7 Å². The lowest BCUT2D eigenvalue weighted by Crippen LogP contribution is -2.22. The number of methoxy groups -OCH3 is 4. The summed E-state index contributed by atoms with van der Waals surface area (Å²) < 4.78 is 74.4. The molecule has 4 atom stereocenters. The van der Waals surface area contributed by atoms with Crippen LogP contribution in [-0.4, -0.2) is 116 Å². The van der Waals surface area contributed by atoms with Crippen molar-refractivity contribution in [1.82, 2.24) is 39.9 Å². The number of ketones is 4. The fourth-order valence-corrected chi connectivity index (χ4v) is 12.5. The van der Waals surface area contributed by atoms with Crippen LogP contribution in [0.15, 0.2) is 109 Å². The Kier molecular flexibility index (Phi) is 51.7. The van der Waals surface area contributed by atoms with Crippen molar-refractivity contribution in [3.63, 3.8) is 0 Å². The van der Waals surface area contributed by atoms with Crippen molar-refractivity contribution < 1.29 is 55.7 Å². The lowest BCUT2D eigenvalue weighted by Gasteiger charge is -2.20. The van der Waals surface area contributed by atoms with Crippen LogP contribution in [0.3, 0.4) is 0 Å². The molecule has 10 rings (SSSR count). The molecule has 120 heavy (non-hydrogen) atoms. The number of ether oxygens (including phenoxy) is 4. The van der Waals surface area contributed by atoms with Crippen LogP contribution in [0.1, 0.15) is 216 Å². The van der Waals surface area contributed by atoms with Gasteiger partial charge in [-0.2, -0.15) is 9.97 Å². The number of carbonyl (C=O) groups is 4. The van der Waals surface area contributed by atoms with Crippen molar-refractivity contribution in [1.29, 1.82) is 0 Å². The minimum absolute atomic E-state index is 0. The molecule has 0 aliphatic carbocycles. The molecule has 0 radical (unpaired) electrons. The van der Waals surface area contributed by atoms with E-state index < -0.39 is 0 Å². The third kappa shape index (κ3) is 38.8. The SMILES string of the molecule is C.CC.CCCC[C@@H](N)CCC(C)=O.CCCC[C@H](CCC(C)=O)Nc1nc(Cl)nc2cc(F)ccc12.CCCC[C@H](CCC(C)=O)Nc1nc(N)nc2cc(F)ccc12.CCCC[C@H](CCC(C)=O)Nc1nc(NCc2ccc(OC)cc2OC)nc2cc(F)ccc12.COc1ccc(CN)c(OC)c1.Cl.Fc1ccc2c(Cl)nc(Cl)nc2c1. The standard InChI is InChI=1S/C26H33FN4O3.C17H21ClFN3O.C17H23FN4O.C9H13NO2.C9H19NO.C8H3Cl2FN2.C2H6.CH4.ClH/c1-5-6-7-20(11-8-17(2)32)29-25-22-13-10-19(27)14-23(22)30-26(31-25)28-16-18-9-12-21(33-3)15-24(18)34-4;1-3-4-5-13(8-6-11(2)23)20-16-14-9-7-12(19)10-15(14)21-17(18)22-16;1-3-4-5-13(8-6-11(2)23)20-16-14-9-7-12(18)10-15(14)21-17(19)22-16;1-11-8-4-3-7(6-10)9(5-8)12-2;1-3-4-5-9(10)7-6-8(2)11;9-7-5-2-1-4(11)3-6(5)12-8(10)13-7;1-2;;/h9-10,12-15,20H,5-8,11,16H2,1-4H3,(H2,28,29,30,31);7,9-10,13H,3-6,8H2,1-2H3,(H,20,21,22);7,9-10,13H,3-6,8H2,1-2H3,(H3,19,20,21,22);3-5H,6,10H2,1-2H3;9H,3-7,10H2,1-2H3;1-3H;1-2H3;1H4;1H/t20-;2*13-;;9-;;;;/m111.1..../s1. The summed E-state index contributed by atoms with van der Waals surface area (Å²) in [5.74, 6) is 4.51. The molecule has 0 aliphatic heterocycles. The number of unbranched alkanes of at least 4 members (excludes halogenated alkanes) is 4. The number of hydrogen-bond donors (Lipinski definition) is 7. The van der Waals surface area contributed by atoms with Gasteiger partial charge in [0.15, 0.2) is 0 Å². The quantitative estimate of drug-likeness (QED) is 0.0107. The third-order valence-corrected chi connectivity index (χ3v) is 18.9. The number of Topliss-reactive ketones (excluding diaryl/α,β-unsaturated/α-hetero) is 4. The molecular formula is C89H123Cl4F4N15O8. The van der Waals surface area contributed by atoms with Crippen LogP contribution < -0.4 is 57.4 Å². The number of aromatic nitrogens is 8. The number of carbonyl (C=O) groups excluding carboxylic acids is 4. The molecule has 0 unspecified atom stereocenters. The highest BCUT2D eigenvalue weighted by atomic mass is 35.5. The molecule has 23 nitrogen and oxygen atoms in total. The van der Waals surface area contributed by atoms with Gasteiger partial charge >= 0.3 is 0 Å². The van der Waals surface area contributed by atoms with E-state index in [9.17, 15) is 36.7 Å². The highest BCUT2D eigenvalue weighted by molar-refractivity contribution is 6.35. The van der Waals surface area contributed by atoms with Crippen molar-refractivity contribution in [3.8, 4) is 23.0 Å². The van der Waals surface area contributed by atoms with Gasteiger partial charge in [0.05, 0.1) is 50.5 Å². The maximum atomic E-state index is 14.0. The zero-order chi connectivity index (χ0) is 87.2. The Morgan fingerprint density at radius 2 is 0.775 bits per heavy atom. The second-order valence-corrected chi connectivity index (χ2v) is 28.9. The van der Waals surface area contributed by atoms with Crippen LogP contribution in [0.25, 0.3) is 43.6 Å². The number of nitrogens with zero attached hydrogens (tertiary/aromatic N) is 8.